The highest BCUT2D eigenvalue weighted by Crippen LogP contribution is 2.31. The quantitative estimate of drug-likeness (QED) is 0.432. The number of ether oxygens (including phenoxy) is 3. The molecule has 38 heavy (non-hydrogen) atoms. The number of aliphatic carboxylic acids is 1. The molecule has 11 heteroatoms. The van der Waals surface area contributed by atoms with E-state index in [2.05, 4.69) is 25.2 Å². The molecular formula is C27H32FN5O5. The van der Waals surface area contributed by atoms with Crippen molar-refractivity contribution in [2.75, 3.05) is 33.4 Å². The van der Waals surface area contributed by atoms with E-state index in [9.17, 15) is 14.3 Å². The lowest BCUT2D eigenvalue weighted by Crippen LogP contribution is -2.58. The summed E-state index contributed by atoms with van der Waals surface area (Å²) < 4.78 is 31.2. The maximum atomic E-state index is 14.8. The van der Waals surface area contributed by atoms with Crippen molar-refractivity contribution in [3.05, 3.63) is 47.7 Å². The molecule has 1 fully saturated rings. The zero-order chi connectivity index (χ0) is 26.6. The van der Waals surface area contributed by atoms with E-state index in [0.29, 0.717) is 86.1 Å². The molecule has 5 heterocycles. The van der Waals surface area contributed by atoms with E-state index in [-0.39, 0.29) is 12.1 Å². The molecule has 0 spiro atoms. The van der Waals surface area contributed by atoms with Crippen molar-refractivity contribution in [3.63, 3.8) is 0 Å². The summed E-state index contributed by atoms with van der Waals surface area (Å²) in [7, 11) is 1.51. The molecule has 0 bridgehead atoms. The molecule has 0 aliphatic carbocycles. The lowest BCUT2D eigenvalue weighted by atomic mass is 9.83. The molecule has 0 saturated carbocycles. The van der Waals surface area contributed by atoms with Gasteiger partial charge >= 0.3 is 5.97 Å². The van der Waals surface area contributed by atoms with E-state index in [0.717, 1.165) is 5.69 Å². The van der Waals surface area contributed by atoms with Gasteiger partial charge in [0.25, 0.3) is 0 Å². The second-order valence-electron chi connectivity index (χ2n) is 9.53. The number of piperidine rings is 1. The Labute approximate surface area is 220 Å². The van der Waals surface area contributed by atoms with Crippen LogP contribution in [0.4, 0.5) is 4.39 Å². The molecule has 5 rings (SSSR count). The van der Waals surface area contributed by atoms with Gasteiger partial charge in [0.2, 0.25) is 5.88 Å². The minimum Gasteiger partial charge on any atom is -0.486 e. The van der Waals surface area contributed by atoms with Gasteiger partial charge in [-0.15, -0.1) is 0 Å². The third-order valence-corrected chi connectivity index (χ3v) is 7.38. The number of pyridine rings is 3. The number of likely N-dealkylation sites (tertiary alicyclic amines) is 1. The number of hydrogen-bond acceptors (Lipinski definition) is 9. The monoisotopic (exact) mass is 525 g/mol. The summed E-state index contributed by atoms with van der Waals surface area (Å²) in [6, 6.07) is 4.85. The Morgan fingerprint density at radius 3 is 2.82 bits per heavy atom. The van der Waals surface area contributed by atoms with E-state index in [1.54, 1.807) is 18.3 Å². The largest absolute Gasteiger partial charge is 0.486 e. The summed E-state index contributed by atoms with van der Waals surface area (Å²) in [5.41, 5.74) is 2.28. The molecular weight excluding hydrogens is 493 g/mol. The van der Waals surface area contributed by atoms with Gasteiger partial charge < -0.3 is 24.6 Å². The number of methoxy groups -OCH3 is 1. The molecule has 3 aromatic heterocycles. The molecule has 0 aromatic carbocycles. The molecule has 3 aromatic rings. The first-order valence-electron chi connectivity index (χ1n) is 12.9. The number of carboxylic acids is 1. The van der Waals surface area contributed by atoms with Gasteiger partial charge in [-0.05, 0) is 31.9 Å². The predicted octanol–water partition coefficient (Wildman–Crippen LogP) is 2.83. The van der Waals surface area contributed by atoms with Crippen LogP contribution in [0.3, 0.4) is 0 Å². The second-order valence-corrected chi connectivity index (χ2v) is 9.53. The van der Waals surface area contributed by atoms with Crippen LogP contribution < -0.4 is 19.5 Å². The molecule has 0 radical (unpaired) electrons. The molecule has 2 aliphatic heterocycles. The summed E-state index contributed by atoms with van der Waals surface area (Å²) in [6.45, 7) is 4.60. The van der Waals surface area contributed by atoms with E-state index >= 15 is 0 Å². The van der Waals surface area contributed by atoms with Gasteiger partial charge in [0.1, 0.15) is 19.0 Å². The maximum Gasteiger partial charge on any atom is 0.309 e. The van der Waals surface area contributed by atoms with Gasteiger partial charge in [-0.1, -0.05) is 6.92 Å². The number of nitrogens with zero attached hydrogens (tertiary/aromatic N) is 4. The van der Waals surface area contributed by atoms with Crippen LogP contribution in [0.1, 0.15) is 31.0 Å². The van der Waals surface area contributed by atoms with Crippen molar-refractivity contribution in [1.29, 1.82) is 0 Å². The molecule has 3 unspecified atom stereocenters. The number of carboxylic acid groups (broad SMARTS) is 1. The lowest BCUT2D eigenvalue weighted by Gasteiger charge is -2.44. The first kappa shape index (κ1) is 26.1. The lowest BCUT2D eigenvalue weighted by molar-refractivity contribution is -0.147. The fourth-order valence-corrected chi connectivity index (χ4v) is 5.51. The summed E-state index contributed by atoms with van der Waals surface area (Å²) in [5.74, 6) is -0.228. The predicted molar refractivity (Wildman–Crippen MR) is 137 cm³/mol. The fraction of sp³-hybridized carbons (Fsp3) is 0.481. The highest BCUT2D eigenvalue weighted by Gasteiger charge is 2.41. The molecule has 2 aliphatic rings. The zero-order valence-electron chi connectivity index (χ0n) is 21.5. The van der Waals surface area contributed by atoms with Gasteiger partial charge in [-0.3, -0.25) is 19.7 Å². The molecule has 202 valence electrons. The normalized spacial score (nSPS) is 21.4. The van der Waals surface area contributed by atoms with Crippen LogP contribution in [0, 0.1) is 11.7 Å². The Morgan fingerprint density at radius 1 is 1.24 bits per heavy atom. The van der Waals surface area contributed by atoms with Crippen LogP contribution in [-0.4, -0.2) is 76.4 Å². The molecule has 3 atom stereocenters. The number of fused-ring (bicyclic) bond motifs is 2. The van der Waals surface area contributed by atoms with Crippen molar-refractivity contribution in [2.24, 2.45) is 5.92 Å². The fourth-order valence-electron chi connectivity index (χ4n) is 5.51. The van der Waals surface area contributed by atoms with Crippen LogP contribution >= 0.6 is 0 Å². The van der Waals surface area contributed by atoms with Crippen molar-refractivity contribution in [2.45, 2.75) is 44.8 Å². The maximum absolute atomic E-state index is 14.8. The SMILES string of the molecule is CCC1C(C(=O)O)C(NCc2cc3c(cn2)OCCO3)CCN1CCc1c(F)cnc2ccc(OC)nc12. The number of nitrogens with one attached hydrogen (secondary N) is 1. The smallest absolute Gasteiger partial charge is 0.309 e. The van der Waals surface area contributed by atoms with Gasteiger partial charge in [-0.25, -0.2) is 9.37 Å². The Bertz CT molecular complexity index is 1310. The van der Waals surface area contributed by atoms with E-state index < -0.39 is 17.7 Å². The molecule has 2 N–H and O–H groups in total. The average molecular weight is 526 g/mol. The standard InChI is InChI=1S/C27H32FN5O5/c1-3-21-25(27(34)35)19(30-13-16-12-22-23(15-29-16)38-11-10-37-22)7-9-33(21)8-6-17-18(28)14-31-20-4-5-24(36-2)32-26(17)20/h4-5,12,14-15,19,21,25,30H,3,6-11,13H2,1-2H3,(H,34,35). The zero-order valence-corrected chi connectivity index (χ0v) is 21.5. The molecule has 0 amide bonds. The second kappa shape index (κ2) is 11.4. The summed E-state index contributed by atoms with van der Waals surface area (Å²) in [6.07, 6.45) is 4.54. The summed E-state index contributed by atoms with van der Waals surface area (Å²) in [5, 5.41) is 13.6. The van der Waals surface area contributed by atoms with Crippen LogP contribution in [0.25, 0.3) is 11.0 Å². The van der Waals surface area contributed by atoms with Crippen molar-refractivity contribution in [1.82, 2.24) is 25.2 Å². The Morgan fingerprint density at radius 2 is 2.05 bits per heavy atom. The molecule has 10 nitrogen and oxygen atoms in total. The Kier molecular flexibility index (Phi) is 7.85. The third-order valence-electron chi connectivity index (χ3n) is 7.38. The van der Waals surface area contributed by atoms with E-state index in [1.165, 1.54) is 13.3 Å². The van der Waals surface area contributed by atoms with Crippen LogP contribution in [0.5, 0.6) is 17.4 Å². The Balaban J connectivity index is 1.29. The minimum absolute atomic E-state index is 0.203. The Hall–Kier alpha value is -3.57. The van der Waals surface area contributed by atoms with Gasteiger partial charge in [-0.2, -0.15) is 0 Å². The van der Waals surface area contributed by atoms with Crippen molar-refractivity contribution < 1.29 is 28.5 Å². The summed E-state index contributed by atoms with van der Waals surface area (Å²) >= 11 is 0. The number of aromatic nitrogens is 3. The number of carbonyl (C=O) groups is 1. The minimum atomic E-state index is -0.846. The van der Waals surface area contributed by atoms with Crippen LogP contribution in [0.2, 0.25) is 0 Å². The van der Waals surface area contributed by atoms with E-state index in [1.807, 2.05) is 13.0 Å². The number of halogens is 1. The summed E-state index contributed by atoms with van der Waals surface area (Å²) in [4.78, 5) is 27.6. The topological polar surface area (TPSA) is 119 Å². The van der Waals surface area contributed by atoms with Gasteiger partial charge in [0.05, 0.1) is 42.1 Å². The first-order valence-corrected chi connectivity index (χ1v) is 12.9. The van der Waals surface area contributed by atoms with Crippen LogP contribution in [0.15, 0.2) is 30.6 Å². The average Bonchev–Trinajstić information content (AvgIpc) is 2.94. The highest BCUT2D eigenvalue weighted by molar-refractivity contribution is 5.78. The van der Waals surface area contributed by atoms with E-state index in [4.69, 9.17) is 14.2 Å². The van der Waals surface area contributed by atoms with Crippen LogP contribution in [-0.2, 0) is 17.8 Å². The number of hydrogen-bond donors (Lipinski definition) is 2. The van der Waals surface area contributed by atoms with Crippen molar-refractivity contribution >= 4 is 17.0 Å². The number of rotatable bonds is 9. The van der Waals surface area contributed by atoms with Gasteiger partial charge in [0, 0.05) is 42.9 Å². The van der Waals surface area contributed by atoms with Gasteiger partial charge in [0.15, 0.2) is 11.5 Å². The molecule has 1 saturated heterocycles. The van der Waals surface area contributed by atoms with Crippen molar-refractivity contribution in [3.8, 4) is 17.4 Å². The third kappa shape index (κ3) is 5.34. The highest BCUT2D eigenvalue weighted by atomic mass is 19.1. The first-order chi connectivity index (χ1) is 18.5.